The maximum atomic E-state index is 12.5. The highest BCUT2D eigenvalue weighted by Gasteiger charge is 2.29. The van der Waals surface area contributed by atoms with Crippen LogP contribution in [0.5, 0.6) is 0 Å². The fraction of sp³-hybridized carbons (Fsp3) is 0.647. The molecule has 1 saturated carbocycles. The molecule has 1 aliphatic carbocycles. The van der Waals surface area contributed by atoms with Gasteiger partial charge >= 0.3 is 0 Å². The van der Waals surface area contributed by atoms with Crippen LogP contribution in [0.1, 0.15) is 67.0 Å². The Morgan fingerprint density at radius 2 is 2.25 bits per heavy atom. The number of piperidine rings is 1. The number of aryl methyl sites for hydroxylation is 2. The molecule has 0 aromatic carbocycles. The van der Waals surface area contributed by atoms with Crippen molar-refractivity contribution in [3.05, 3.63) is 29.2 Å². The number of nitrogens with zero attached hydrogens (tertiary/aromatic N) is 4. The third kappa shape index (κ3) is 3.34. The Labute approximate surface area is 140 Å². The average Bonchev–Trinajstić information content (AvgIpc) is 3.18. The molecule has 1 atom stereocenters. The molecule has 1 N–H and O–H groups in total. The molecule has 7 heteroatoms. The summed E-state index contributed by atoms with van der Waals surface area (Å²) >= 11 is 0. The molecule has 7 nitrogen and oxygen atoms in total. The minimum absolute atomic E-state index is 0.165. The van der Waals surface area contributed by atoms with Crippen molar-refractivity contribution in [1.82, 2.24) is 25.2 Å². The van der Waals surface area contributed by atoms with Crippen molar-refractivity contribution in [3.63, 3.8) is 0 Å². The van der Waals surface area contributed by atoms with E-state index in [4.69, 9.17) is 4.52 Å². The van der Waals surface area contributed by atoms with Gasteiger partial charge in [0.1, 0.15) is 0 Å². The lowest BCUT2D eigenvalue weighted by atomic mass is 9.94. The highest BCUT2D eigenvalue weighted by Crippen LogP contribution is 2.38. The number of rotatable bonds is 5. The van der Waals surface area contributed by atoms with Crippen LogP contribution >= 0.6 is 0 Å². The van der Waals surface area contributed by atoms with Crippen LogP contribution in [0.2, 0.25) is 0 Å². The van der Waals surface area contributed by atoms with E-state index in [1.54, 1.807) is 0 Å². The van der Waals surface area contributed by atoms with Gasteiger partial charge in [0, 0.05) is 43.5 Å². The largest absolute Gasteiger partial charge is 0.342 e. The topological polar surface area (TPSA) is 87.9 Å². The van der Waals surface area contributed by atoms with Crippen molar-refractivity contribution in [2.24, 2.45) is 0 Å². The average molecular weight is 329 g/mol. The fourth-order valence-corrected chi connectivity index (χ4v) is 3.34. The Morgan fingerprint density at radius 1 is 1.38 bits per heavy atom. The maximum absolute atomic E-state index is 12.5. The van der Waals surface area contributed by atoms with Crippen LogP contribution < -0.4 is 0 Å². The Hall–Kier alpha value is -2.18. The second-order valence-corrected chi connectivity index (χ2v) is 6.98. The number of hydrogen-bond acceptors (Lipinski definition) is 5. The van der Waals surface area contributed by atoms with E-state index in [-0.39, 0.29) is 5.91 Å². The Kier molecular flexibility index (Phi) is 4.08. The summed E-state index contributed by atoms with van der Waals surface area (Å²) < 4.78 is 5.25. The molecule has 1 unspecified atom stereocenters. The number of hydrogen-bond donors (Lipinski definition) is 1. The normalized spacial score (nSPS) is 21.2. The number of carbonyl (C=O) groups is 1. The number of carbonyl (C=O) groups excluding carboxylic acids is 1. The lowest BCUT2D eigenvalue weighted by molar-refractivity contribution is -0.132. The van der Waals surface area contributed by atoms with E-state index in [0.29, 0.717) is 30.6 Å². The molecule has 24 heavy (non-hydrogen) atoms. The second-order valence-electron chi connectivity index (χ2n) is 6.98. The summed E-state index contributed by atoms with van der Waals surface area (Å²) in [6.45, 7) is 3.58. The van der Waals surface area contributed by atoms with Gasteiger partial charge in [0.25, 0.3) is 0 Å². The van der Waals surface area contributed by atoms with Gasteiger partial charge in [0.15, 0.2) is 5.82 Å². The minimum Gasteiger partial charge on any atom is -0.342 e. The Morgan fingerprint density at radius 3 is 3.00 bits per heavy atom. The van der Waals surface area contributed by atoms with E-state index < -0.39 is 0 Å². The van der Waals surface area contributed by atoms with Gasteiger partial charge in [-0.2, -0.15) is 10.1 Å². The quantitative estimate of drug-likeness (QED) is 0.909. The summed E-state index contributed by atoms with van der Waals surface area (Å²) in [4.78, 5) is 18.9. The van der Waals surface area contributed by atoms with Gasteiger partial charge in [-0.05, 0) is 38.7 Å². The summed E-state index contributed by atoms with van der Waals surface area (Å²) in [7, 11) is 0. The third-order valence-corrected chi connectivity index (χ3v) is 4.90. The highest BCUT2D eigenvalue weighted by molar-refractivity contribution is 5.76. The molecule has 128 valence electrons. The van der Waals surface area contributed by atoms with Crippen LogP contribution in [-0.4, -0.2) is 44.2 Å². The van der Waals surface area contributed by atoms with Crippen molar-refractivity contribution < 1.29 is 9.32 Å². The first-order chi connectivity index (χ1) is 11.7. The second kappa shape index (κ2) is 6.37. The van der Waals surface area contributed by atoms with E-state index in [0.717, 1.165) is 56.0 Å². The lowest BCUT2D eigenvalue weighted by Crippen LogP contribution is -2.39. The van der Waals surface area contributed by atoms with E-state index in [2.05, 4.69) is 26.4 Å². The number of likely N-dealkylation sites (tertiary alicyclic amines) is 1. The summed E-state index contributed by atoms with van der Waals surface area (Å²) in [6, 6.07) is 2.08. The van der Waals surface area contributed by atoms with Gasteiger partial charge in [-0.25, -0.2) is 0 Å². The van der Waals surface area contributed by atoms with Crippen LogP contribution in [-0.2, 0) is 11.2 Å². The van der Waals surface area contributed by atoms with Gasteiger partial charge in [-0.3, -0.25) is 9.89 Å². The van der Waals surface area contributed by atoms with Crippen molar-refractivity contribution in [2.75, 3.05) is 13.1 Å². The number of amides is 1. The summed E-state index contributed by atoms with van der Waals surface area (Å²) in [5.74, 6) is 2.38. The number of nitrogens with one attached hydrogen (secondary N) is 1. The molecule has 1 aliphatic heterocycles. The fourth-order valence-electron chi connectivity index (χ4n) is 3.34. The Bertz CT molecular complexity index is 718. The summed E-state index contributed by atoms with van der Waals surface area (Å²) in [5, 5.41) is 11.3. The maximum Gasteiger partial charge on any atom is 0.227 e. The van der Waals surface area contributed by atoms with Crippen LogP contribution in [0, 0.1) is 6.92 Å². The van der Waals surface area contributed by atoms with Crippen molar-refractivity contribution in [1.29, 1.82) is 0 Å². The summed E-state index contributed by atoms with van der Waals surface area (Å²) in [5.41, 5.74) is 2.13. The van der Waals surface area contributed by atoms with Gasteiger partial charge in [-0.1, -0.05) is 5.16 Å². The molecule has 0 spiro atoms. The highest BCUT2D eigenvalue weighted by atomic mass is 16.5. The van der Waals surface area contributed by atoms with E-state index in [9.17, 15) is 4.79 Å². The zero-order valence-corrected chi connectivity index (χ0v) is 14.0. The summed E-state index contributed by atoms with van der Waals surface area (Å²) in [6.07, 6.45) is 5.37. The molecule has 0 radical (unpaired) electrons. The third-order valence-electron chi connectivity index (χ3n) is 4.90. The number of aromatic amines is 1. The van der Waals surface area contributed by atoms with Gasteiger partial charge < -0.3 is 9.42 Å². The molecule has 1 amide bonds. The first-order valence-corrected chi connectivity index (χ1v) is 8.81. The predicted molar refractivity (Wildman–Crippen MR) is 86.5 cm³/mol. The van der Waals surface area contributed by atoms with Crippen LogP contribution in [0.3, 0.4) is 0 Å². The monoisotopic (exact) mass is 329 g/mol. The standard InChI is InChI=1S/C17H23N5O2/c1-11-9-14(20-19-11)13-3-2-8-22(10-13)16(23)7-6-15-18-17(21-24-15)12-4-5-12/h9,12-13H,2-8,10H2,1H3,(H,19,20). The van der Waals surface area contributed by atoms with Gasteiger partial charge in [0.05, 0.1) is 5.69 Å². The molecule has 2 aromatic rings. The van der Waals surface area contributed by atoms with Gasteiger partial charge in [0.2, 0.25) is 11.8 Å². The number of H-pyrrole nitrogens is 1. The number of aromatic nitrogens is 4. The molecule has 1 saturated heterocycles. The Balaban J connectivity index is 1.31. The van der Waals surface area contributed by atoms with Crippen LogP contribution in [0.4, 0.5) is 0 Å². The SMILES string of the molecule is Cc1cc(C2CCCN(C(=O)CCc3nc(C4CC4)no3)C2)n[nH]1. The predicted octanol–water partition coefficient (Wildman–Crippen LogP) is 2.32. The smallest absolute Gasteiger partial charge is 0.227 e. The van der Waals surface area contributed by atoms with Gasteiger partial charge in [-0.15, -0.1) is 0 Å². The zero-order valence-electron chi connectivity index (χ0n) is 14.0. The molecule has 3 heterocycles. The zero-order chi connectivity index (χ0) is 16.5. The molecule has 2 aromatic heterocycles. The van der Waals surface area contributed by atoms with Crippen molar-refractivity contribution >= 4 is 5.91 Å². The van der Waals surface area contributed by atoms with E-state index in [1.165, 1.54) is 0 Å². The first kappa shape index (κ1) is 15.4. The molecular formula is C17H23N5O2. The first-order valence-electron chi connectivity index (χ1n) is 8.81. The molecular weight excluding hydrogens is 306 g/mol. The van der Waals surface area contributed by atoms with Crippen LogP contribution in [0.25, 0.3) is 0 Å². The molecule has 4 rings (SSSR count). The van der Waals surface area contributed by atoms with E-state index in [1.807, 2.05) is 11.8 Å². The molecule has 2 aliphatic rings. The van der Waals surface area contributed by atoms with E-state index >= 15 is 0 Å². The van der Waals surface area contributed by atoms with Crippen molar-refractivity contribution in [3.8, 4) is 0 Å². The lowest BCUT2D eigenvalue weighted by Gasteiger charge is -2.32. The molecule has 2 fully saturated rings. The minimum atomic E-state index is 0.165. The van der Waals surface area contributed by atoms with Crippen LogP contribution in [0.15, 0.2) is 10.6 Å². The molecule has 0 bridgehead atoms. The van der Waals surface area contributed by atoms with Crippen molar-refractivity contribution in [2.45, 2.75) is 57.3 Å².